The summed E-state index contributed by atoms with van der Waals surface area (Å²) >= 11 is 0. The summed E-state index contributed by atoms with van der Waals surface area (Å²) in [5, 5.41) is 0. The van der Waals surface area contributed by atoms with E-state index in [-0.39, 0.29) is 5.78 Å². The lowest BCUT2D eigenvalue weighted by Gasteiger charge is -2.39. The molecule has 1 atom stereocenters. The number of amides is 1. The molecule has 1 aromatic carbocycles. The molecule has 0 saturated carbocycles. The Balaban J connectivity index is 2.08. The lowest BCUT2D eigenvalue weighted by Crippen LogP contribution is -2.59. The van der Waals surface area contributed by atoms with E-state index in [0.29, 0.717) is 19.5 Å². The van der Waals surface area contributed by atoms with Crippen molar-refractivity contribution in [2.24, 2.45) is 5.73 Å². The molecule has 0 spiro atoms. The third-order valence-electron chi connectivity index (χ3n) is 4.66. The largest absolute Gasteiger partial charge is 0.423 e. The van der Waals surface area contributed by atoms with Crippen LogP contribution >= 0.6 is 0 Å². The number of ether oxygens (including phenoxy) is 1. The van der Waals surface area contributed by atoms with E-state index in [1.54, 1.807) is 0 Å². The average Bonchev–Trinajstić information content (AvgIpc) is 3.17. The lowest BCUT2D eigenvalue weighted by molar-refractivity contribution is -0.157. The third-order valence-corrected chi connectivity index (χ3v) is 4.66. The second-order valence-corrected chi connectivity index (χ2v) is 6.63. The fraction of sp³-hybridized carbons (Fsp3) is 0.579. The van der Waals surface area contributed by atoms with Crippen molar-refractivity contribution in [3.05, 3.63) is 35.9 Å². The molecule has 4 N–H and O–H groups in total. The van der Waals surface area contributed by atoms with Gasteiger partial charge in [0.05, 0.1) is 0 Å². The van der Waals surface area contributed by atoms with Crippen molar-refractivity contribution in [3.63, 3.8) is 0 Å². The van der Waals surface area contributed by atoms with Crippen LogP contribution in [0.2, 0.25) is 0 Å². The Hall–Kier alpha value is -1.96. The first-order valence-corrected chi connectivity index (χ1v) is 9.30. The van der Waals surface area contributed by atoms with Crippen LogP contribution in [-0.4, -0.2) is 48.7 Å². The van der Waals surface area contributed by atoms with Crippen LogP contribution in [0.1, 0.15) is 38.2 Å². The first-order valence-electron chi connectivity index (χ1n) is 9.30. The van der Waals surface area contributed by atoms with Crippen molar-refractivity contribution in [1.29, 1.82) is 0 Å². The van der Waals surface area contributed by atoms with E-state index in [1.165, 1.54) is 6.92 Å². The standard InChI is InChI=1S/C19H30N4O3/c1-16(24)19(23-13-7-8-14-23,15-17-9-3-2-4-10-17)26-18(25)22-21-12-6-5-11-20/h2-4,9-10,21H,5-8,11-15,20H2,1H3,(H,22,25). The molecular formula is C19H30N4O3. The van der Waals surface area contributed by atoms with Crippen LogP contribution in [0.5, 0.6) is 0 Å². The fourth-order valence-electron chi connectivity index (χ4n) is 3.25. The predicted molar refractivity (Wildman–Crippen MR) is 100 cm³/mol. The van der Waals surface area contributed by atoms with Gasteiger partial charge >= 0.3 is 6.09 Å². The number of Topliss-reactive ketones (excluding diaryl/α,β-unsaturated/α-hetero) is 1. The van der Waals surface area contributed by atoms with E-state index in [0.717, 1.165) is 44.3 Å². The van der Waals surface area contributed by atoms with Gasteiger partial charge in [-0.25, -0.2) is 10.2 Å². The van der Waals surface area contributed by atoms with Crippen molar-refractivity contribution >= 4 is 11.9 Å². The molecule has 1 aromatic rings. The number of carbonyl (C=O) groups excluding carboxylic acids is 2. The SMILES string of the molecule is CC(=O)C(Cc1ccccc1)(OC(=O)NNCCCCN)N1CCCC1. The molecule has 1 unspecified atom stereocenters. The van der Waals surface area contributed by atoms with E-state index in [9.17, 15) is 9.59 Å². The van der Waals surface area contributed by atoms with E-state index in [1.807, 2.05) is 35.2 Å². The molecule has 0 aromatic heterocycles. The van der Waals surface area contributed by atoms with E-state index < -0.39 is 11.8 Å². The molecule has 1 heterocycles. The van der Waals surface area contributed by atoms with Crippen LogP contribution in [-0.2, 0) is 16.0 Å². The van der Waals surface area contributed by atoms with Gasteiger partial charge in [-0.2, -0.15) is 0 Å². The van der Waals surface area contributed by atoms with Gasteiger partial charge in [0.25, 0.3) is 0 Å². The zero-order chi connectivity index (χ0) is 18.8. The number of benzene rings is 1. The second kappa shape index (κ2) is 10.3. The van der Waals surface area contributed by atoms with Crippen molar-refractivity contribution in [2.75, 3.05) is 26.2 Å². The number of rotatable bonds is 10. The van der Waals surface area contributed by atoms with Gasteiger partial charge in [0.15, 0.2) is 5.78 Å². The molecule has 144 valence electrons. The molecule has 1 aliphatic rings. The van der Waals surface area contributed by atoms with Crippen molar-refractivity contribution in [2.45, 2.75) is 44.8 Å². The minimum Gasteiger partial charge on any atom is -0.419 e. The van der Waals surface area contributed by atoms with Crippen LogP contribution in [0, 0.1) is 0 Å². The number of hydrogen-bond donors (Lipinski definition) is 3. The quantitative estimate of drug-likeness (QED) is 0.432. The highest BCUT2D eigenvalue weighted by molar-refractivity contribution is 5.87. The highest BCUT2D eigenvalue weighted by Gasteiger charge is 2.46. The van der Waals surface area contributed by atoms with Crippen molar-refractivity contribution in [3.8, 4) is 0 Å². The zero-order valence-corrected chi connectivity index (χ0v) is 15.5. The summed E-state index contributed by atoms with van der Waals surface area (Å²) in [5.41, 5.74) is 10.5. The maximum Gasteiger partial charge on any atom is 0.423 e. The van der Waals surface area contributed by atoms with Gasteiger partial charge in [0.2, 0.25) is 5.72 Å². The number of carbonyl (C=O) groups is 2. The molecule has 1 fully saturated rings. The van der Waals surface area contributed by atoms with Crippen LogP contribution in [0.15, 0.2) is 30.3 Å². The topological polar surface area (TPSA) is 96.7 Å². The molecule has 0 bridgehead atoms. The molecule has 7 nitrogen and oxygen atoms in total. The summed E-state index contributed by atoms with van der Waals surface area (Å²) in [6.45, 7) is 4.18. The molecule has 1 aliphatic heterocycles. The second-order valence-electron chi connectivity index (χ2n) is 6.63. The molecule has 7 heteroatoms. The van der Waals surface area contributed by atoms with E-state index >= 15 is 0 Å². The molecule has 2 rings (SSSR count). The summed E-state index contributed by atoms with van der Waals surface area (Å²) in [7, 11) is 0. The van der Waals surface area contributed by atoms with Gasteiger partial charge in [-0.15, -0.1) is 0 Å². The zero-order valence-electron chi connectivity index (χ0n) is 15.5. The van der Waals surface area contributed by atoms with E-state index in [2.05, 4.69) is 10.9 Å². The van der Waals surface area contributed by atoms with Gasteiger partial charge in [-0.05, 0) is 37.8 Å². The number of nitrogens with one attached hydrogen (secondary N) is 2. The van der Waals surface area contributed by atoms with Crippen molar-refractivity contribution in [1.82, 2.24) is 15.8 Å². The number of ketones is 1. The van der Waals surface area contributed by atoms with Gasteiger partial charge in [0, 0.05) is 33.0 Å². The van der Waals surface area contributed by atoms with Crippen molar-refractivity contribution < 1.29 is 14.3 Å². The van der Waals surface area contributed by atoms with Crippen LogP contribution in [0.3, 0.4) is 0 Å². The minimum absolute atomic E-state index is 0.165. The Kier molecular flexibility index (Phi) is 8.03. The molecule has 1 saturated heterocycles. The van der Waals surface area contributed by atoms with Gasteiger partial charge < -0.3 is 10.5 Å². The summed E-state index contributed by atoms with van der Waals surface area (Å²) < 4.78 is 5.73. The highest BCUT2D eigenvalue weighted by Crippen LogP contribution is 2.28. The summed E-state index contributed by atoms with van der Waals surface area (Å²) in [4.78, 5) is 27.0. The monoisotopic (exact) mass is 362 g/mol. The number of nitrogens with two attached hydrogens (primary N) is 1. The van der Waals surface area contributed by atoms with Crippen LogP contribution < -0.4 is 16.6 Å². The number of unbranched alkanes of at least 4 members (excludes halogenated alkanes) is 1. The molecular weight excluding hydrogens is 332 g/mol. The Morgan fingerprint density at radius 1 is 1.19 bits per heavy atom. The minimum atomic E-state index is -1.28. The van der Waals surface area contributed by atoms with Crippen LogP contribution in [0.4, 0.5) is 4.79 Å². The Morgan fingerprint density at radius 3 is 2.50 bits per heavy atom. The smallest absolute Gasteiger partial charge is 0.419 e. The lowest BCUT2D eigenvalue weighted by atomic mass is 9.97. The maximum absolute atomic E-state index is 12.6. The molecule has 26 heavy (non-hydrogen) atoms. The first kappa shape index (κ1) is 20.4. The normalized spacial score (nSPS) is 16.8. The molecule has 0 radical (unpaired) electrons. The average molecular weight is 362 g/mol. The first-order chi connectivity index (χ1) is 12.6. The third kappa shape index (κ3) is 5.52. The number of hydrogen-bond acceptors (Lipinski definition) is 6. The fourth-order valence-corrected chi connectivity index (χ4v) is 3.25. The molecule has 1 amide bonds. The van der Waals surface area contributed by atoms with E-state index in [4.69, 9.17) is 10.5 Å². The Morgan fingerprint density at radius 2 is 1.88 bits per heavy atom. The van der Waals surface area contributed by atoms with Gasteiger partial charge in [0.1, 0.15) is 0 Å². The Labute approximate surface area is 155 Å². The maximum atomic E-state index is 12.6. The summed E-state index contributed by atoms with van der Waals surface area (Å²) in [6.07, 6.45) is 3.41. The number of likely N-dealkylation sites (tertiary alicyclic amines) is 1. The van der Waals surface area contributed by atoms with Crippen LogP contribution in [0.25, 0.3) is 0 Å². The highest BCUT2D eigenvalue weighted by atomic mass is 16.6. The number of nitrogens with zero attached hydrogens (tertiary/aromatic N) is 1. The van der Waals surface area contributed by atoms with Gasteiger partial charge in [-0.3, -0.25) is 15.1 Å². The molecule has 0 aliphatic carbocycles. The van der Waals surface area contributed by atoms with Gasteiger partial charge in [-0.1, -0.05) is 30.3 Å². The Bertz CT molecular complexity index is 575. The summed E-state index contributed by atoms with van der Waals surface area (Å²) in [5.74, 6) is -0.165. The predicted octanol–water partition coefficient (Wildman–Crippen LogP) is 1.58. The number of hydrazine groups is 1. The summed E-state index contributed by atoms with van der Waals surface area (Å²) in [6, 6.07) is 9.65.